The van der Waals surface area contributed by atoms with Gasteiger partial charge in [-0.15, -0.1) is 0 Å². The Kier molecular flexibility index (Phi) is 8.50. The molecule has 10 heteroatoms. The van der Waals surface area contributed by atoms with E-state index in [0.29, 0.717) is 16.7 Å². The van der Waals surface area contributed by atoms with Crippen LogP contribution in [-0.2, 0) is 25.5 Å². The summed E-state index contributed by atoms with van der Waals surface area (Å²) in [6, 6.07) is 13.9. The van der Waals surface area contributed by atoms with Gasteiger partial charge in [-0.2, -0.15) is 0 Å². The summed E-state index contributed by atoms with van der Waals surface area (Å²) in [5, 5.41) is 14.3. The normalized spacial score (nSPS) is 21.0. The number of ether oxygens (including phenoxy) is 3. The molecule has 0 aromatic heterocycles. The van der Waals surface area contributed by atoms with Crippen LogP contribution >= 0.6 is 22.6 Å². The van der Waals surface area contributed by atoms with Gasteiger partial charge in [-0.3, -0.25) is 9.59 Å². The first-order valence-corrected chi connectivity index (χ1v) is 12.2. The molecule has 0 bridgehead atoms. The first-order valence-electron chi connectivity index (χ1n) is 11.1. The largest absolute Gasteiger partial charge is 0.456 e. The van der Waals surface area contributed by atoms with Crippen LogP contribution in [-0.4, -0.2) is 61.1 Å². The lowest BCUT2D eigenvalue weighted by Gasteiger charge is -2.30. The van der Waals surface area contributed by atoms with Crippen LogP contribution in [0, 0.1) is 3.57 Å². The first kappa shape index (κ1) is 25.3. The Morgan fingerprint density at radius 3 is 2.63 bits per heavy atom. The van der Waals surface area contributed by atoms with Crippen LogP contribution in [0.15, 0.2) is 60.2 Å². The predicted molar refractivity (Wildman–Crippen MR) is 133 cm³/mol. The number of nitrogens with one attached hydrogen (secondary N) is 2. The molecule has 184 valence electrons. The average molecular weight is 592 g/mol. The SMILES string of the molecule is O=C(NCc1cccc(C(=O)NCCO)c1)C1=CC2OCOC2C(OC(=O)c2cccc(I)c2)C1. The fourth-order valence-electron chi connectivity index (χ4n) is 3.94. The van der Waals surface area contributed by atoms with Crippen molar-refractivity contribution < 1.29 is 33.7 Å². The van der Waals surface area contributed by atoms with Gasteiger partial charge in [-0.25, -0.2) is 4.79 Å². The highest BCUT2D eigenvalue weighted by Crippen LogP contribution is 2.31. The summed E-state index contributed by atoms with van der Waals surface area (Å²) in [7, 11) is 0. The molecule has 35 heavy (non-hydrogen) atoms. The minimum Gasteiger partial charge on any atom is -0.456 e. The summed E-state index contributed by atoms with van der Waals surface area (Å²) in [5.41, 5.74) is 2.04. The van der Waals surface area contributed by atoms with Crippen LogP contribution in [0.1, 0.15) is 32.7 Å². The Hall–Kier alpha value is -2.80. The van der Waals surface area contributed by atoms with Gasteiger partial charge in [0, 0.05) is 34.2 Å². The van der Waals surface area contributed by atoms with Crippen molar-refractivity contribution in [2.45, 2.75) is 31.3 Å². The van der Waals surface area contributed by atoms with Crippen LogP contribution in [0.2, 0.25) is 0 Å². The molecular weight excluding hydrogens is 567 g/mol. The molecule has 2 aliphatic rings. The van der Waals surface area contributed by atoms with Gasteiger partial charge in [0.15, 0.2) is 0 Å². The smallest absolute Gasteiger partial charge is 0.338 e. The predicted octanol–water partition coefficient (Wildman–Crippen LogP) is 1.93. The Morgan fingerprint density at radius 1 is 1.03 bits per heavy atom. The zero-order valence-electron chi connectivity index (χ0n) is 18.7. The van der Waals surface area contributed by atoms with Crippen molar-refractivity contribution in [2.75, 3.05) is 19.9 Å². The van der Waals surface area contributed by atoms with Crippen molar-refractivity contribution in [1.29, 1.82) is 0 Å². The number of carbonyl (C=O) groups excluding carboxylic acids is 3. The Balaban J connectivity index is 1.40. The number of halogens is 1. The van der Waals surface area contributed by atoms with Gasteiger partial charge in [-0.1, -0.05) is 18.2 Å². The molecule has 2 amide bonds. The molecule has 3 unspecified atom stereocenters. The molecule has 1 heterocycles. The van der Waals surface area contributed by atoms with Gasteiger partial charge < -0.3 is 30.0 Å². The highest BCUT2D eigenvalue weighted by Gasteiger charge is 2.42. The second-order valence-corrected chi connectivity index (χ2v) is 9.34. The molecule has 0 spiro atoms. The molecule has 3 N–H and O–H groups in total. The van der Waals surface area contributed by atoms with E-state index in [0.717, 1.165) is 9.13 Å². The number of fused-ring (bicyclic) bond motifs is 1. The number of hydrogen-bond donors (Lipinski definition) is 3. The van der Waals surface area contributed by atoms with Gasteiger partial charge in [0.2, 0.25) is 5.91 Å². The van der Waals surface area contributed by atoms with Crippen molar-refractivity contribution in [2.24, 2.45) is 0 Å². The summed E-state index contributed by atoms with van der Waals surface area (Å²) < 4.78 is 17.8. The van der Waals surface area contributed by atoms with Crippen LogP contribution in [0.4, 0.5) is 0 Å². The Labute approximate surface area is 216 Å². The number of benzene rings is 2. The highest BCUT2D eigenvalue weighted by molar-refractivity contribution is 14.1. The van der Waals surface area contributed by atoms with E-state index in [1.54, 1.807) is 48.5 Å². The van der Waals surface area contributed by atoms with Gasteiger partial charge in [0.05, 0.1) is 12.2 Å². The van der Waals surface area contributed by atoms with E-state index >= 15 is 0 Å². The lowest BCUT2D eigenvalue weighted by molar-refractivity contribution is -0.118. The van der Waals surface area contributed by atoms with E-state index in [1.165, 1.54) is 0 Å². The molecular formula is C25H25IN2O7. The molecule has 1 aliphatic carbocycles. The maximum Gasteiger partial charge on any atom is 0.338 e. The summed E-state index contributed by atoms with van der Waals surface area (Å²) in [6.07, 6.45) is 0.262. The van der Waals surface area contributed by atoms with E-state index in [-0.39, 0.29) is 44.7 Å². The van der Waals surface area contributed by atoms with Crippen LogP contribution in [0.5, 0.6) is 0 Å². The third-order valence-electron chi connectivity index (χ3n) is 5.65. The van der Waals surface area contributed by atoms with Crippen LogP contribution < -0.4 is 10.6 Å². The summed E-state index contributed by atoms with van der Waals surface area (Å²) >= 11 is 2.12. The van der Waals surface area contributed by atoms with Gasteiger partial charge in [0.25, 0.3) is 5.91 Å². The standard InChI is InChI=1S/C25H25IN2O7/c26-19-6-2-5-17(10-19)25(32)35-21-12-18(11-20-22(21)34-14-33-20)24(31)28-13-15-3-1-4-16(9-15)23(30)27-7-8-29/h1-6,9-11,20-22,29H,7-8,12-14H2,(H,27,30)(H,28,31). The molecule has 9 nitrogen and oxygen atoms in total. The maximum absolute atomic E-state index is 12.9. The zero-order chi connectivity index (χ0) is 24.8. The maximum atomic E-state index is 12.9. The molecule has 4 rings (SSSR count). The minimum absolute atomic E-state index is 0.0587. The van der Waals surface area contributed by atoms with E-state index in [4.69, 9.17) is 19.3 Å². The first-order chi connectivity index (χ1) is 16.9. The summed E-state index contributed by atoms with van der Waals surface area (Å²) in [6.45, 7) is 0.282. The van der Waals surface area contributed by atoms with Crippen molar-refractivity contribution in [1.82, 2.24) is 10.6 Å². The molecule has 1 saturated heterocycles. The van der Waals surface area contributed by atoms with E-state index < -0.39 is 24.3 Å². The third kappa shape index (κ3) is 6.45. The second-order valence-electron chi connectivity index (χ2n) is 8.09. The number of amides is 2. The molecule has 1 aliphatic heterocycles. The zero-order valence-corrected chi connectivity index (χ0v) is 20.9. The summed E-state index contributed by atoms with van der Waals surface area (Å²) in [4.78, 5) is 37.8. The topological polar surface area (TPSA) is 123 Å². The molecule has 1 fully saturated rings. The van der Waals surface area contributed by atoms with Gasteiger partial charge >= 0.3 is 5.97 Å². The number of aliphatic hydroxyl groups is 1. The van der Waals surface area contributed by atoms with E-state index in [9.17, 15) is 14.4 Å². The molecule has 3 atom stereocenters. The Bertz CT molecular complexity index is 1140. The van der Waals surface area contributed by atoms with Crippen LogP contribution in [0.3, 0.4) is 0 Å². The monoisotopic (exact) mass is 592 g/mol. The fraction of sp³-hybridized carbons (Fsp3) is 0.320. The van der Waals surface area contributed by atoms with Crippen molar-refractivity contribution in [3.8, 4) is 0 Å². The van der Waals surface area contributed by atoms with Gasteiger partial charge in [-0.05, 0) is 64.6 Å². The number of aliphatic hydroxyl groups excluding tert-OH is 1. The molecule has 0 saturated carbocycles. The molecule has 2 aromatic rings. The summed E-state index contributed by atoms with van der Waals surface area (Å²) in [5.74, 6) is -1.10. The second kappa shape index (κ2) is 11.8. The Morgan fingerprint density at radius 2 is 1.83 bits per heavy atom. The van der Waals surface area contributed by atoms with Gasteiger partial charge in [0.1, 0.15) is 25.1 Å². The third-order valence-corrected chi connectivity index (χ3v) is 6.32. The van der Waals surface area contributed by atoms with E-state index in [2.05, 4.69) is 33.2 Å². The fourth-order valence-corrected chi connectivity index (χ4v) is 4.48. The average Bonchev–Trinajstić information content (AvgIpc) is 3.35. The number of esters is 1. The van der Waals surface area contributed by atoms with Crippen molar-refractivity contribution in [3.05, 3.63) is 80.4 Å². The highest BCUT2D eigenvalue weighted by atomic mass is 127. The lowest BCUT2D eigenvalue weighted by Crippen LogP contribution is -2.43. The molecule has 0 radical (unpaired) electrons. The number of rotatable bonds is 8. The van der Waals surface area contributed by atoms with Crippen molar-refractivity contribution >= 4 is 40.4 Å². The number of carbonyl (C=O) groups is 3. The quantitative estimate of drug-likeness (QED) is 0.316. The lowest BCUT2D eigenvalue weighted by atomic mass is 9.91. The van der Waals surface area contributed by atoms with Crippen LogP contribution in [0.25, 0.3) is 0 Å². The number of hydrogen-bond acceptors (Lipinski definition) is 7. The van der Waals surface area contributed by atoms with Crippen molar-refractivity contribution in [3.63, 3.8) is 0 Å². The van der Waals surface area contributed by atoms with E-state index in [1.807, 2.05) is 6.07 Å². The molecule has 2 aromatic carbocycles. The minimum atomic E-state index is -0.669.